The van der Waals surface area contributed by atoms with E-state index in [9.17, 15) is 20.4 Å². The maximum absolute atomic E-state index is 11.1. The summed E-state index contributed by atoms with van der Waals surface area (Å²) >= 11 is 0. The topological polar surface area (TPSA) is 93.5 Å². The Morgan fingerprint density at radius 2 is 2.00 bits per heavy atom. The molecule has 0 aromatic rings. The van der Waals surface area contributed by atoms with Gasteiger partial charge in [-0.25, -0.2) is 0 Å². The molecule has 1 saturated heterocycles. The van der Waals surface area contributed by atoms with Crippen LogP contribution in [0.4, 0.5) is 0 Å². The van der Waals surface area contributed by atoms with Gasteiger partial charge in [0.1, 0.15) is 0 Å². The summed E-state index contributed by atoms with van der Waals surface area (Å²) in [7, 11) is 0. The van der Waals surface area contributed by atoms with Crippen LogP contribution in [-0.4, -0.2) is 56.5 Å². The van der Waals surface area contributed by atoms with Crippen molar-refractivity contribution >= 4 is 0 Å². The van der Waals surface area contributed by atoms with Gasteiger partial charge in [0.25, 0.3) is 0 Å². The van der Waals surface area contributed by atoms with E-state index in [1.807, 2.05) is 26.0 Å². The van der Waals surface area contributed by atoms with Gasteiger partial charge < -0.3 is 25.2 Å². The molecule has 3 aliphatic rings. The van der Waals surface area contributed by atoms with Crippen molar-refractivity contribution in [1.82, 2.24) is 0 Å². The molecule has 25 heavy (non-hydrogen) atoms. The predicted octanol–water partition coefficient (Wildman–Crippen LogP) is 1.69. The molecule has 0 aromatic heterocycles. The minimum absolute atomic E-state index is 0.111. The molecule has 3 rings (SSSR count). The molecule has 4 N–H and O–H groups in total. The highest BCUT2D eigenvalue weighted by Gasteiger charge is 2.58. The van der Waals surface area contributed by atoms with Crippen molar-refractivity contribution in [2.45, 2.75) is 82.9 Å². The van der Waals surface area contributed by atoms with Crippen LogP contribution in [0.1, 0.15) is 53.4 Å². The number of hydrogen-bond donors (Lipinski definition) is 4. The lowest BCUT2D eigenvalue weighted by molar-refractivity contribution is -0.0705. The summed E-state index contributed by atoms with van der Waals surface area (Å²) in [6.07, 6.45) is 4.67. The van der Waals surface area contributed by atoms with Crippen molar-refractivity contribution in [2.24, 2.45) is 11.3 Å². The molecule has 1 aliphatic heterocycles. The smallest absolute Gasteiger partial charge is 0.0945 e. The molecule has 5 nitrogen and oxygen atoms in total. The van der Waals surface area contributed by atoms with E-state index in [4.69, 9.17) is 4.74 Å². The van der Waals surface area contributed by atoms with Crippen molar-refractivity contribution in [3.05, 3.63) is 23.3 Å². The van der Waals surface area contributed by atoms with Gasteiger partial charge >= 0.3 is 0 Å². The van der Waals surface area contributed by atoms with Gasteiger partial charge in [0.15, 0.2) is 0 Å². The second-order valence-corrected chi connectivity index (χ2v) is 8.98. The predicted molar refractivity (Wildman–Crippen MR) is 94.9 cm³/mol. The van der Waals surface area contributed by atoms with Gasteiger partial charge in [0, 0.05) is 17.8 Å². The molecule has 6 atom stereocenters. The Balaban J connectivity index is 2.05. The van der Waals surface area contributed by atoms with Crippen LogP contribution < -0.4 is 0 Å². The fourth-order valence-electron chi connectivity index (χ4n) is 4.89. The molecule has 0 aromatic carbocycles. The zero-order valence-electron chi connectivity index (χ0n) is 15.7. The lowest BCUT2D eigenvalue weighted by atomic mass is 9.65. The minimum Gasteiger partial charge on any atom is -0.396 e. The standard InChI is InChI=1S/C20H32O5/c1-12-5-6-16-19(4,25-16)10-14(22)17-13(18(2,3)24)7-8-20(17,11-21)15(23)9-12/h7,9,14-17,21-24H,5-6,8,10-11H2,1-4H3/b12-9+/t14-,15+,16+,17-,19+,20+/m1/s1. The summed E-state index contributed by atoms with van der Waals surface area (Å²) < 4.78 is 5.86. The van der Waals surface area contributed by atoms with Gasteiger partial charge in [-0.05, 0) is 52.5 Å². The summed E-state index contributed by atoms with van der Waals surface area (Å²) in [4.78, 5) is 0. The largest absolute Gasteiger partial charge is 0.396 e. The van der Waals surface area contributed by atoms with E-state index in [0.29, 0.717) is 18.4 Å². The lowest BCUT2D eigenvalue weighted by Crippen LogP contribution is -2.49. The molecule has 2 aliphatic carbocycles. The number of hydrogen-bond acceptors (Lipinski definition) is 5. The summed E-state index contributed by atoms with van der Waals surface area (Å²) in [6, 6.07) is 0. The maximum Gasteiger partial charge on any atom is 0.0945 e. The Morgan fingerprint density at radius 3 is 2.60 bits per heavy atom. The number of allylic oxidation sites excluding steroid dienone is 2. The van der Waals surface area contributed by atoms with E-state index < -0.39 is 29.1 Å². The normalized spacial score (nSPS) is 47.0. The van der Waals surface area contributed by atoms with Gasteiger partial charge in [0.2, 0.25) is 0 Å². The molecule has 0 amide bonds. The molecular weight excluding hydrogens is 320 g/mol. The number of ether oxygens (including phenoxy) is 1. The average Bonchev–Trinajstić information content (AvgIpc) is 2.95. The Hall–Kier alpha value is -0.720. The molecular formula is C20H32O5. The van der Waals surface area contributed by atoms with Crippen molar-refractivity contribution in [1.29, 1.82) is 0 Å². The Bertz CT molecular complexity index is 589. The average molecular weight is 352 g/mol. The minimum atomic E-state index is -1.12. The van der Waals surface area contributed by atoms with Crippen LogP contribution >= 0.6 is 0 Å². The van der Waals surface area contributed by atoms with Crippen LogP contribution in [0.2, 0.25) is 0 Å². The zero-order chi connectivity index (χ0) is 18.6. The maximum atomic E-state index is 11.1. The van der Waals surface area contributed by atoms with E-state index in [1.54, 1.807) is 13.8 Å². The molecule has 142 valence electrons. The van der Waals surface area contributed by atoms with E-state index >= 15 is 0 Å². The van der Waals surface area contributed by atoms with Crippen molar-refractivity contribution in [3.63, 3.8) is 0 Å². The summed E-state index contributed by atoms with van der Waals surface area (Å²) in [5.41, 5.74) is -0.652. The highest BCUT2D eigenvalue weighted by molar-refractivity contribution is 5.32. The first kappa shape index (κ1) is 19.1. The summed E-state index contributed by atoms with van der Waals surface area (Å²) in [5.74, 6) is -0.517. The van der Waals surface area contributed by atoms with E-state index in [0.717, 1.165) is 18.4 Å². The number of rotatable bonds is 2. The zero-order valence-corrected chi connectivity index (χ0v) is 15.7. The van der Waals surface area contributed by atoms with Gasteiger partial charge in [-0.2, -0.15) is 0 Å². The monoisotopic (exact) mass is 352 g/mol. The molecule has 0 spiro atoms. The molecule has 0 radical (unpaired) electrons. The third-order valence-corrected chi connectivity index (χ3v) is 6.52. The van der Waals surface area contributed by atoms with Crippen LogP contribution in [0.15, 0.2) is 23.3 Å². The number of epoxide rings is 1. The third-order valence-electron chi connectivity index (χ3n) is 6.52. The van der Waals surface area contributed by atoms with Crippen molar-refractivity contribution in [3.8, 4) is 0 Å². The summed E-state index contributed by atoms with van der Waals surface area (Å²) in [5, 5.41) is 42.9. The van der Waals surface area contributed by atoms with Gasteiger partial charge in [-0.15, -0.1) is 0 Å². The number of aliphatic hydroxyl groups is 4. The quantitative estimate of drug-likeness (QED) is 0.448. The molecule has 1 heterocycles. The highest BCUT2D eigenvalue weighted by Crippen LogP contribution is 2.54. The summed E-state index contributed by atoms with van der Waals surface area (Å²) in [6.45, 7) is 7.12. The Morgan fingerprint density at radius 1 is 1.32 bits per heavy atom. The molecule has 5 heteroatoms. The number of aliphatic hydroxyl groups excluding tert-OH is 3. The van der Waals surface area contributed by atoms with Gasteiger partial charge in [0.05, 0.1) is 36.1 Å². The lowest BCUT2D eigenvalue weighted by Gasteiger charge is -2.43. The Labute approximate surface area is 150 Å². The molecule has 1 fully saturated rings. The van der Waals surface area contributed by atoms with Crippen LogP contribution in [0, 0.1) is 11.3 Å². The first-order valence-corrected chi connectivity index (χ1v) is 9.28. The van der Waals surface area contributed by atoms with Crippen LogP contribution in [-0.2, 0) is 4.74 Å². The molecule has 0 unspecified atom stereocenters. The SMILES string of the molecule is C/C1=C\[C@H](O)[C@@]2(CO)CC=C(C(C)(C)O)[C@@H]2[C@H](O)C[C@]2(C)O[C@H]2CC1. The fraction of sp³-hybridized carbons (Fsp3) is 0.800. The first-order chi connectivity index (χ1) is 11.5. The van der Waals surface area contributed by atoms with Gasteiger partial charge in [-0.1, -0.05) is 17.7 Å². The Kier molecular flexibility index (Phi) is 4.70. The van der Waals surface area contributed by atoms with Crippen LogP contribution in [0.3, 0.4) is 0 Å². The van der Waals surface area contributed by atoms with Crippen LogP contribution in [0.25, 0.3) is 0 Å². The third kappa shape index (κ3) is 3.21. The second-order valence-electron chi connectivity index (χ2n) is 8.98. The van der Waals surface area contributed by atoms with Crippen molar-refractivity contribution in [2.75, 3.05) is 6.61 Å². The molecule has 0 saturated carbocycles. The fourth-order valence-corrected chi connectivity index (χ4v) is 4.89. The first-order valence-electron chi connectivity index (χ1n) is 9.28. The molecule has 0 bridgehead atoms. The van der Waals surface area contributed by atoms with Gasteiger partial charge in [-0.3, -0.25) is 0 Å². The highest BCUT2D eigenvalue weighted by atomic mass is 16.6. The van der Waals surface area contributed by atoms with Crippen LogP contribution in [0.5, 0.6) is 0 Å². The van der Waals surface area contributed by atoms with Crippen molar-refractivity contribution < 1.29 is 25.2 Å². The second kappa shape index (κ2) is 6.17. The van der Waals surface area contributed by atoms with E-state index in [2.05, 4.69) is 0 Å². The van der Waals surface area contributed by atoms with E-state index in [1.165, 1.54) is 0 Å². The number of fused-ring (bicyclic) bond motifs is 2. The van der Waals surface area contributed by atoms with E-state index in [-0.39, 0.29) is 18.3 Å².